The Morgan fingerprint density at radius 2 is 2.00 bits per heavy atom. The molecule has 4 nitrogen and oxygen atoms in total. The Hall–Kier alpha value is -2.62. The van der Waals surface area contributed by atoms with Crippen LogP contribution in [-0.4, -0.2) is 11.1 Å². The number of nitrogens with zero attached hydrogens (tertiary/aromatic N) is 1. The Labute approximate surface area is 122 Å². The summed E-state index contributed by atoms with van der Waals surface area (Å²) in [7, 11) is 0. The van der Waals surface area contributed by atoms with Gasteiger partial charge in [0.15, 0.2) is 5.58 Å². The fourth-order valence-electron chi connectivity index (χ4n) is 2.29. The van der Waals surface area contributed by atoms with Crippen LogP contribution in [0.1, 0.15) is 16.8 Å². The van der Waals surface area contributed by atoms with Crippen LogP contribution in [0.2, 0.25) is 0 Å². The molecular weight excluding hydrogens is 264 g/mol. The highest BCUT2D eigenvalue weighted by molar-refractivity contribution is 5.95. The van der Waals surface area contributed by atoms with Gasteiger partial charge >= 0.3 is 0 Å². The van der Waals surface area contributed by atoms with Crippen molar-refractivity contribution in [1.29, 1.82) is 0 Å². The first kappa shape index (κ1) is 13.4. The number of carbonyl (C=O) groups excluding carboxylic acids is 1. The molecule has 0 aliphatic carbocycles. The Morgan fingerprint density at radius 1 is 1.19 bits per heavy atom. The molecular formula is C17H16N2O2. The van der Waals surface area contributed by atoms with Gasteiger partial charge in [-0.2, -0.15) is 0 Å². The van der Waals surface area contributed by atoms with Gasteiger partial charge in [0, 0.05) is 11.1 Å². The van der Waals surface area contributed by atoms with Crippen molar-refractivity contribution in [2.24, 2.45) is 0 Å². The average molecular weight is 280 g/mol. The number of hydrogen-bond donors (Lipinski definition) is 1. The molecule has 1 amide bonds. The Balaban J connectivity index is 1.80. The molecule has 1 N–H and O–H groups in total. The highest BCUT2D eigenvalue weighted by Crippen LogP contribution is 2.21. The predicted octanol–water partition coefficient (Wildman–Crippen LogP) is 3.63. The zero-order valence-corrected chi connectivity index (χ0v) is 12.0. The van der Waals surface area contributed by atoms with E-state index in [1.807, 2.05) is 56.3 Å². The first-order valence-electron chi connectivity index (χ1n) is 6.84. The third-order valence-corrected chi connectivity index (χ3v) is 3.45. The van der Waals surface area contributed by atoms with Crippen LogP contribution in [0.4, 0.5) is 5.69 Å². The molecule has 1 heterocycles. The average Bonchev–Trinajstić information content (AvgIpc) is 2.84. The van der Waals surface area contributed by atoms with E-state index >= 15 is 0 Å². The summed E-state index contributed by atoms with van der Waals surface area (Å²) in [5.41, 5.74) is 4.35. The maximum absolute atomic E-state index is 12.2. The van der Waals surface area contributed by atoms with Gasteiger partial charge in [-0.25, -0.2) is 0 Å². The van der Waals surface area contributed by atoms with E-state index in [0.29, 0.717) is 11.3 Å². The zero-order chi connectivity index (χ0) is 14.8. The number of amides is 1. The number of benzene rings is 2. The van der Waals surface area contributed by atoms with Crippen molar-refractivity contribution in [2.45, 2.75) is 20.3 Å². The summed E-state index contributed by atoms with van der Waals surface area (Å²) in [5, 5.41) is 7.81. The van der Waals surface area contributed by atoms with Crippen molar-refractivity contribution in [3.63, 3.8) is 0 Å². The molecule has 2 aromatic carbocycles. The minimum atomic E-state index is -0.0963. The summed E-state index contributed by atoms with van der Waals surface area (Å²) in [4.78, 5) is 12.2. The van der Waals surface area contributed by atoms with Crippen LogP contribution in [0.3, 0.4) is 0 Å². The molecule has 0 unspecified atom stereocenters. The molecule has 0 aliphatic rings. The second-order valence-corrected chi connectivity index (χ2v) is 5.17. The number of anilines is 1. The first-order valence-corrected chi connectivity index (χ1v) is 6.84. The van der Waals surface area contributed by atoms with Crippen molar-refractivity contribution in [3.8, 4) is 0 Å². The van der Waals surface area contributed by atoms with E-state index in [2.05, 4.69) is 10.5 Å². The van der Waals surface area contributed by atoms with Crippen LogP contribution in [0.25, 0.3) is 11.0 Å². The van der Waals surface area contributed by atoms with Crippen molar-refractivity contribution in [1.82, 2.24) is 5.16 Å². The van der Waals surface area contributed by atoms with Gasteiger partial charge in [0.2, 0.25) is 5.91 Å². The molecule has 0 fully saturated rings. The lowest BCUT2D eigenvalue weighted by atomic mass is 10.1. The number of fused-ring (bicyclic) bond motifs is 1. The van der Waals surface area contributed by atoms with Gasteiger partial charge in [0.25, 0.3) is 0 Å². The summed E-state index contributed by atoms with van der Waals surface area (Å²) >= 11 is 0. The van der Waals surface area contributed by atoms with Crippen LogP contribution < -0.4 is 5.32 Å². The first-order chi connectivity index (χ1) is 10.1. The number of carbonyl (C=O) groups is 1. The summed E-state index contributed by atoms with van der Waals surface area (Å²) in [6.07, 6.45) is 0.199. The molecule has 21 heavy (non-hydrogen) atoms. The fraction of sp³-hybridized carbons (Fsp3) is 0.176. The lowest BCUT2D eigenvalue weighted by Gasteiger charge is -2.06. The predicted molar refractivity (Wildman–Crippen MR) is 82.3 cm³/mol. The molecule has 0 radical (unpaired) electrons. The lowest BCUT2D eigenvalue weighted by molar-refractivity contribution is -0.115. The highest BCUT2D eigenvalue weighted by Gasteiger charge is 2.13. The number of rotatable bonds is 3. The van der Waals surface area contributed by atoms with Gasteiger partial charge in [0.1, 0.15) is 5.69 Å². The minimum Gasteiger partial charge on any atom is -0.356 e. The van der Waals surface area contributed by atoms with E-state index in [4.69, 9.17) is 4.52 Å². The van der Waals surface area contributed by atoms with E-state index in [9.17, 15) is 4.79 Å². The van der Waals surface area contributed by atoms with E-state index < -0.39 is 0 Å². The molecule has 3 rings (SSSR count). The van der Waals surface area contributed by atoms with Gasteiger partial charge in [0.05, 0.1) is 6.42 Å². The van der Waals surface area contributed by atoms with Gasteiger partial charge in [-0.15, -0.1) is 0 Å². The third-order valence-electron chi connectivity index (χ3n) is 3.45. The number of nitrogens with one attached hydrogen (secondary N) is 1. The summed E-state index contributed by atoms with van der Waals surface area (Å²) in [5.74, 6) is -0.0963. The SMILES string of the molecule is Cc1ccc2onc(CC(=O)Nc3ccccc3C)c2c1. The summed E-state index contributed by atoms with van der Waals surface area (Å²) < 4.78 is 5.25. The molecule has 106 valence electrons. The molecule has 4 heteroatoms. The van der Waals surface area contributed by atoms with Crippen molar-refractivity contribution in [3.05, 3.63) is 59.3 Å². The molecule has 0 saturated heterocycles. The second-order valence-electron chi connectivity index (χ2n) is 5.17. The number of aryl methyl sites for hydroxylation is 2. The van der Waals surface area contributed by atoms with Crippen LogP contribution >= 0.6 is 0 Å². The maximum Gasteiger partial charge on any atom is 0.230 e. The maximum atomic E-state index is 12.2. The molecule has 0 aliphatic heterocycles. The third kappa shape index (κ3) is 2.79. The lowest BCUT2D eigenvalue weighted by Crippen LogP contribution is -2.15. The molecule has 3 aromatic rings. The topological polar surface area (TPSA) is 55.1 Å². The van der Waals surface area contributed by atoms with E-state index in [-0.39, 0.29) is 12.3 Å². The van der Waals surface area contributed by atoms with Crippen LogP contribution in [-0.2, 0) is 11.2 Å². The summed E-state index contributed by atoms with van der Waals surface area (Å²) in [6.45, 7) is 3.97. The smallest absolute Gasteiger partial charge is 0.230 e. The molecule has 1 aromatic heterocycles. The number of aromatic nitrogens is 1. The Bertz CT molecular complexity index is 805. The Morgan fingerprint density at radius 3 is 2.81 bits per heavy atom. The Kier molecular flexibility index (Phi) is 3.44. The van der Waals surface area contributed by atoms with Gasteiger partial charge < -0.3 is 9.84 Å². The molecule has 0 bridgehead atoms. The van der Waals surface area contributed by atoms with E-state index in [0.717, 1.165) is 22.2 Å². The van der Waals surface area contributed by atoms with Gasteiger partial charge in [-0.05, 0) is 37.6 Å². The van der Waals surface area contributed by atoms with Gasteiger partial charge in [-0.3, -0.25) is 4.79 Å². The van der Waals surface area contributed by atoms with Crippen LogP contribution in [0.5, 0.6) is 0 Å². The molecule has 0 spiro atoms. The minimum absolute atomic E-state index is 0.0963. The second kappa shape index (κ2) is 5.40. The fourth-order valence-corrected chi connectivity index (χ4v) is 2.29. The molecule has 0 saturated carbocycles. The standard InChI is InChI=1S/C17H16N2O2/c1-11-7-8-16-13(9-11)15(19-21-16)10-17(20)18-14-6-4-3-5-12(14)2/h3-9H,10H2,1-2H3,(H,18,20). The summed E-state index contributed by atoms with van der Waals surface area (Å²) in [6, 6.07) is 13.5. The molecule has 0 atom stereocenters. The van der Waals surface area contributed by atoms with Crippen molar-refractivity contribution >= 4 is 22.6 Å². The monoisotopic (exact) mass is 280 g/mol. The largest absolute Gasteiger partial charge is 0.356 e. The highest BCUT2D eigenvalue weighted by atomic mass is 16.5. The quantitative estimate of drug-likeness (QED) is 0.797. The van der Waals surface area contributed by atoms with Gasteiger partial charge in [-0.1, -0.05) is 35.0 Å². The number of hydrogen-bond acceptors (Lipinski definition) is 3. The zero-order valence-electron chi connectivity index (χ0n) is 12.0. The van der Waals surface area contributed by atoms with Crippen molar-refractivity contribution < 1.29 is 9.32 Å². The van der Waals surface area contributed by atoms with E-state index in [1.165, 1.54) is 0 Å². The van der Waals surface area contributed by atoms with Crippen molar-refractivity contribution in [2.75, 3.05) is 5.32 Å². The van der Waals surface area contributed by atoms with Crippen LogP contribution in [0, 0.1) is 13.8 Å². The number of para-hydroxylation sites is 1. The normalized spacial score (nSPS) is 10.8. The van der Waals surface area contributed by atoms with E-state index in [1.54, 1.807) is 0 Å². The van der Waals surface area contributed by atoms with Crippen LogP contribution in [0.15, 0.2) is 47.0 Å².